The molecule has 28 heavy (non-hydrogen) atoms. The first-order valence-corrected chi connectivity index (χ1v) is 12.8. The number of hydrogen-bond donors (Lipinski definition) is 1. The monoisotopic (exact) mass is 459 g/mol. The van der Waals surface area contributed by atoms with Gasteiger partial charge in [-0.1, -0.05) is 0 Å². The minimum atomic E-state index is -3.55. The predicted molar refractivity (Wildman–Crippen MR) is 117 cm³/mol. The Morgan fingerprint density at radius 3 is 2.00 bits per heavy atom. The second-order valence-electron chi connectivity index (χ2n) is 6.95. The molecule has 0 bridgehead atoms. The molecule has 0 spiro atoms. The number of aryl methyl sites for hydroxylation is 2. The first-order chi connectivity index (χ1) is 13.4. The third-order valence-electron chi connectivity index (χ3n) is 4.45. The van der Waals surface area contributed by atoms with Crippen molar-refractivity contribution in [3.05, 3.63) is 95.6 Å². The van der Waals surface area contributed by atoms with Gasteiger partial charge in [0.05, 0.1) is 0 Å². The van der Waals surface area contributed by atoms with Gasteiger partial charge in [-0.25, -0.2) is 0 Å². The molecule has 0 heterocycles. The summed E-state index contributed by atoms with van der Waals surface area (Å²) in [5, 5.41) is 0.802. The van der Waals surface area contributed by atoms with E-state index in [9.17, 15) is 8.42 Å². The van der Waals surface area contributed by atoms with Crippen molar-refractivity contribution in [2.45, 2.75) is 36.5 Å². The zero-order valence-corrected chi connectivity index (χ0v) is 18.7. The van der Waals surface area contributed by atoms with Gasteiger partial charge in [0.25, 0.3) is 0 Å². The van der Waals surface area contributed by atoms with Gasteiger partial charge in [0, 0.05) is 0 Å². The van der Waals surface area contributed by atoms with Crippen molar-refractivity contribution in [3.8, 4) is 0 Å². The Morgan fingerprint density at radius 2 is 1.39 bits per heavy atom. The summed E-state index contributed by atoms with van der Waals surface area (Å²) in [4.78, 5) is 0.319. The third kappa shape index (κ3) is 6.05. The van der Waals surface area contributed by atoms with Crippen LogP contribution in [-0.2, 0) is 16.4 Å². The first kappa shape index (κ1) is 20.8. The first-order valence-electron chi connectivity index (χ1n) is 9.25. The van der Waals surface area contributed by atoms with Crippen LogP contribution >= 0.6 is 0 Å². The summed E-state index contributed by atoms with van der Waals surface area (Å²) in [5.74, 6) is 0. The van der Waals surface area contributed by atoms with Crippen LogP contribution in [-0.4, -0.2) is 29.4 Å². The summed E-state index contributed by atoms with van der Waals surface area (Å²) in [6.45, 7) is 4.02. The van der Waals surface area contributed by atoms with E-state index < -0.39 is 10.0 Å². The average Bonchev–Trinajstić information content (AvgIpc) is 2.68. The number of hydrogen-bond acceptors (Lipinski definition) is 2. The molecule has 0 aliphatic rings. The van der Waals surface area contributed by atoms with E-state index in [0.29, 0.717) is 11.3 Å². The predicted octanol–water partition coefficient (Wildman–Crippen LogP) is 3.64. The number of rotatable bonds is 8. The van der Waals surface area contributed by atoms with E-state index in [1.54, 1.807) is 12.1 Å². The van der Waals surface area contributed by atoms with Crippen molar-refractivity contribution in [1.29, 1.82) is 0 Å². The molecule has 3 rings (SSSR count). The Morgan fingerprint density at radius 1 is 0.821 bits per heavy atom. The fraction of sp³-hybridized carbons (Fsp3) is 0.217. The Labute approximate surface area is 174 Å². The number of sulfonamides is 1. The molecule has 1 N–H and O–H groups in total. The quantitative estimate of drug-likeness (QED) is 0.524. The summed E-state index contributed by atoms with van der Waals surface area (Å²) in [6, 6.07) is 25.4. The molecule has 0 radical (unpaired) electrons. The zero-order valence-electron chi connectivity index (χ0n) is 16.1. The molecule has 0 aliphatic carbocycles. The van der Waals surface area contributed by atoms with Crippen LogP contribution in [0.15, 0.2) is 83.8 Å². The zero-order chi connectivity index (χ0) is 20.0. The van der Waals surface area contributed by atoms with Gasteiger partial charge in [-0.3, -0.25) is 0 Å². The van der Waals surface area contributed by atoms with Crippen molar-refractivity contribution in [2.75, 3.05) is 0 Å². The van der Waals surface area contributed by atoms with Crippen LogP contribution in [0, 0.1) is 13.8 Å². The Balaban J connectivity index is 1.76. The van der Waals surface area contributed by atoms with Crippen LogP contribution < -0.4 is 9.18 Å². The van der Waals surface area contributed by atoms with E-state index in [1.165, 1.54) is 10.0 Å². The van der Waals surface area contributed by atoms with Gasteiger partial charge in [-0.2, -0.15) is 0 Å². The normalized spacial score (nSPS) is 12.6. The minimum absolute atomic E-state index is 0.144. The van der Waals surface area contributed by atoms with Crippen molar-refractivity contribution in [3.63, 3.8) is 0 Å². The van der Waals surface area contributed by atoms with Gasteiger partial charge in [0.2, 0.25) is 0 Å². The van der Waals surface area contributed by atoms with E-state index >= 15 is 0 Å². The maximum absolute atomic E-state index is 12.9. The van der Waals surface area contributed by atoms with Crippen molar-refractivity contribution in [2.24, 2.45) is 0 Å². The topological polar surface area (TPSA) is 46.2 Å². The van der Waals surface area contributed by atoms with Gasteiger partial charge in [-0.05, 0) is 0 Å². The van der Waals surface area contributed by atoms with Crippen molar-refractivity contribution in [1.82, 2.24) is 4.72 Å². The molecule has 146 valence electrons. The van der Waals surface area contributed by atoms with Gasteiger partial charge < -0.3 is 0 Å². The van der Waals surface area contributed by atoms with E-state index in [0.717, 1.165) is 16.4 Å². The molecule has 3 nitrogen and oxygen atoms in total. The third-order valence-corrected chi connectivity index (χ3v) is 8.45. The SMILES string of the molecule is Cc1ccc([Se]C[C@H](Cc2ccccc2)NS(=O)(=O)c2ccc(C)cc2)cc1. The van der Waals surface area contributed by atoms with Crippen molar-refractivity contribution >= 4 is 29.4 Å². The molecule has 0 saturated carbocycles. The average molecular weight is 458 g/mol. The van der Waals surface area contributed by atoms with Crippen LogP contribution in [0.3, 0.4) is 0 Å². The molecule has 0 fully saturated rings. The molecular weight excluding hydrogens is 433 g/mol. The van der Waals surface area contributed by atoms with Gasteiger partial charge in [-0.15, -0.1) is 0 Å². The van der Waals surface area contributed by atoms with Crippen LogP contribution in [0.1, 0.15) is 16.7 Å². The molecule has 3 aromatic rings. The fourth-order valence-corrected chi connectivity index (χ4v) is 6.28. The van der Waals surface area contributed by atoms with Gasteiger partial charge in [0.15, 0.2) is 0 Å². The molecule has 0 aliphatic heterocycles. The van der Waals surface area contributed by atoms with E-state index in [-0.39, 0.29) is 21.0 Å². The summed E-state index contributed by atoms with van der Waals surface area (Å²) >= 11 is 0.197. The molecular formula is C23H25NO2SSe. The number of nitrogens with one attached hydrogen (secondary N) is 1. The Bertz CT molecular complexity index is 985. The molecule has 1 atom stereocenters. The molecule has 0 unspecified atom stereocenters. The van der Waals surface area contributed by atoms with Crippen LogP contribution in [0.25, 0.3) is 0 Å². The second-order valence-corrected chi connectivity index (χ2v) is 11.0. The second kappa shape index (κ2) is 9.53. The molecule has 0 aromatic heterocycles. The van der Waals surface area contributed by atoms with Gasteiger partial charge in [0.1, 0.15) is 0 Å². The van der Waals surface area contributed by atoms with Crippen LogP contribution in [0.5, 0.6) is 0 Å². The maximum atomic E-state index is 12.9. The summed E-state index contributed by atoms with van der Waals surface area (Å²) in [5.41, 5.74) is 3.42. The van der Waals surface area contributed by atoms with Crippen molar-refractivity contribution < 1.29 is 8.42 Å². The summed E-state index contributed by atoms with van der Waals surface area (Å²) < 4.78 is 30.0. The van der Waals surface area contributed by atoms with E-state index in [4.69, 9.17) is 0 Å². The van der Waals surface area contributed by atoms with Crippen LogP contribution in [0.2, 0.25) is 5.32 Å². The number of benzene rings is 3. The Hall–Kier alpha value is -1.91. The fourth-order valence-electron chi connectivity index (χ4n) is 2.87. The summed E-state index contributed by atoms with van der Waals surface area (Å²) in [6.07, 6.45) is 0.680. The standard InChI is InChI=1S/C23H25NO2SSe/c1-18-8-12-22(13-9-18)27(25,26)24-21(16-20-6-4-3-5-7-20)17-28-23-14-10-19(2)11-15-23/h3-15,21,24H,16-17H2,1-2H3/t21-/m0/s1. The molecule has 0 amide bonds. The van der Waals surface area contributed by atoms with Crippen LogP contribution in [0.4, 0.5) is 0 Å². The van der Waals surface area contributed by atoms with E-state index in [1.807, 2.05) is 49.4 Å². The Kier molecular flexibility index (Phi) is 7.08. The van der Waals surface area contributed by atoms with E-state index in [2.05, 4.69) is 35.9 Å². The molecule has 3 aromatic carbocycles. The molecule has 0 saturated heterocycles. The van der Waals surface area contributed by atoms with Gasteiger partial charge >= 0.3 is 175 Å². The molecule has 5 heteroatoms. The summed E-state index contributed by atoms with van der Waals surface area (Å²) in [7, 11) is -3.55.